The summed E-state index contributed by atoms with van der Waals surface area (Å²) in [5, 5.41) is 1.05. The molecule has 3 rings (SSSR count). The summed E-state index contributed by atoms with van der Waals surface area (Å²) in [7, 11) is 1.61. The number of ether oxygens (including phenoxy) is 2. The van der Waals surface area contributed by atoms with E-state index in [1.54, 1.807) is 32.2 Å². The number of H-pyrrole nitrogens is 1. The fourth-order valence-electron chi connectivity index (χ4n) is 2.68. The van der Waals surface area contributed by atoms with Crippen LogP contribution in [0.1, 0.15) is 17.4 Å². The van der Waals surface area contributed by atoms with Gasteiger partial charge in [-0.1, -0.05) is 29.3 Å². The topological polar surface area (TPSA) is 51.3 Å². The first-order chi connectivity index (χ1) is 12.5. The van der Waals surface area contributed by atoms with Crippen LogP contribution < -0.4 is 4.74 Å². The molecule has 0 aliphatic heterocycles. The van der Waals surface area contributed by atoms with Gasteiger partial charge in [0, 0.05) is 21.2 Å². The van der Waals surface area contributed by atoms with Crippen molar-refractivity contribution in [2.45, 2.75) is 6.92 Å². The van der Waals surface area contributed by atoms with Crippen LogP contribution in [0.25, 0.3) is 22.4 Å². The Labute approximate surface area is 161 Å². The lowest BCUT2D eigenvalue weighted by molar-refractivity contribution is 0.0520. The van der Waals surface area contributed by atoms with Crippen LogP contribution in [0.2, 0.25) is 10.0 Å². The third-order valence-electron chi connectivity index (χ3n) is 3.91. The van der Waals surface area contributed by atoms with Gasteiger partial charge in [0.1, 0.15) is 11.4 Å². The third-order valence-corrected chi connectivity index (χ3v) is 4.46. The molecule has 0 aliphatic rings. The Morgan fingerprint density at radius 3 is 2.38 bits per heavy atom. The van der Waals surface area contributed by atoms with Gasteiger partial charge in [-0.15, -0.1) is 0 Å². The zero-order chi connectivity index (χ0) is 18.7. The summed E-state index contributed by atoms with van der Waals surface area (Å²) < 4.78 is 10.3. The van der Waals surface area contributed by atoms with Gasteiger partial charge >= 0.3 is 5.97 Å². The molecule has 1 heterocycles. The Kier molecular flexibility index (Phi) is 5.55. The average Bonchev–Trinajstić information content (AvgIpc) is 3.07. The van der Waals surface area contributed by atoms with Gasteiger partial charge in [-0.25, -0.2) is 4.79 Å². The number of nitrogens with one attached hydrogen (secondary N) is 1. The second kappa shape index (κ2) is 7.85. The standard InChI is InChI=1S/C20H17Cl2NO3/c1-3-26-20(24)18-11-16(15-9-6-13(21)10-17(15)22)19(23-18)12-4-7-14(25-2)8-5-12/h4-11,23H,3H2,1-2H3. The molecule has 0 bridgehead atoms. The molecule has 0 unspecified atom stereocenters. The summed E-state index contributed by atoms with van der Waals surface area (Å²) in [5.41, 5.74) is 3.58. The highest BCUT2D eigenvalue weighted by atomic mass is 35.5. The summed E-state index contributed by atoms with van der Waals surface area (Å²) in [6.45, 7) is 2.06. The van der Waals surface area contributed by atoms with Crippen LogP contribution in [0.3, 0.4) is 0 Å². The summed E-state index contributed by atoms with van der Waals surface area (Å²) in [6, 6.07) is 14.5. The first kappa shape index (κ1) is 18.4. The van der Waals surface area contributed by atoms with Crippen molar-refractivity contribution < 1.29 is 14.3 Å². The Morgan fingerprint density at radius 1 is 1.04 bits per heavy atom. The molecule has 0 aliphatic carbocycles. The molecule has 1 N–H and O–H groups in total. The molecule has 0 fully saturated rings. The lowest BCUT2D eigenvalue weighted by Crippen LogP contribution is -2.04. The van der Waals surface area contributed by atoms with Crippen LogP contribution >= 0.6 is 23.2 Å². The van der Waals surface area contributed by atoms with Crippen molar-refractivity contribution in [1.82, 2.24) is 4.98 Å². The minimum absolute atomic E-state index is 0.298. The summed E-state index contributed by atoms with van der Waals surface area (Å²) >= 11 is 12.4. The van der Waals surface area contributed by atoms with Crippen LogP contribution in [-0.4, -0.2) is 24.7 Å². The van der Waals surface area contributed by atoms with E-state index in [0.717, 1.165) is 28.1 Å². The van der Waals surface area contributed by atoms with E-state index in [9.17, 15) is 4.79 Å². The molecule has 6 heteroatoms. The van der Waals surface area contributed by atoms with E-state index in [-0.39, 0.29) is 0 Å². The van der Waals surface area contributed by atoms with Crippen LogP contribution in [0, 0.1) is 0 Å². The minimum atomic E-state index is -0.418. The zero-order valence-corrected chi connectivity index (χ0v) is 15.8. The van der Waals surface area contributed by atoms with Crippen molar-refractivity contribution in [3.8, 4) is 28.1 Å². The van der Waals surface area contributed by atoms with Gasteiger partial charge in [-0.2, -0.15) is 0 Å². The number of aromatic nitrogens is 1. The maximum atomic E-state index is 12.2. The number of esters is 1. The number of rotatable bonds is 5. The Bertz CT molecular complexity index is 933. The zero-order valence-electron chi connectivity index (χ0n) is 14.3. The Hall–Kier alpha value is -2.43. The molecule has 0 amide bonds. The van der Waals surface area contributed by atoms with Crippen LogP contribution in [0.5, 0.6) is 5.75 Å². The number of benzene rings is 2. The smallest absolute Gasteiger partial charge is 0.354 e. The van der Waals surface area contributed by atoms with E-state index >= 15 is 0 Å². The highest BCUT2D eigenvalue weighted by molar-refractivity contribution is 6.36. The number of aromatic amines is 1. The average molecular weight is 390 g/mol. The van der Waals surface area contributed by atoms with Crippen molar-refractivity contribution in [3.63, 3.8) is 0 Å². The van der Waals surface area contributed by atoms with E-state index < -0.39 is 5.97 Å². The van der Waals surface area contributed by atoms with E-state index in [4.69, 9.17) is 32.7 Å². The van der Waals surface area contributed by atoms with Gasteiger partial charge in [0.05, 0.1) is 19.4 Å². The van der Waals surface area contributed by atoms with Gasteiger partial charge in [0.25, 0.3) is 0 Å². The lowest BCUT2D eigenvalue weighted by atomic mass is 10.0. The molecular weight excluding hydrogens is 373 g/mol. The van der Waals surface area contributed by atoms with Crippen LogP contribution in [0.15, 0.2) is 48.5 Å². The van der Waals surface area contributed by atoms with Gasteiger partial charge < -0.3 is 14.5 Å². The van der Waals surface area contributed by atoms with E-state index in [0.29, 0.717) is 22.3 Å². The van der Waals surface area contributed by atoms with E-state index in [1.165, 1.54) is 0 Å². The lowest BCUT2D eigenvalue weighted by Gasteiger charge is -2.08. The third kappa shape index (κ3) is 3.71. The van der Waals surface area contributed by atoms with Gasteiger partial charge in [0.2, 0.25) is 0 Å². The fourth-order valence-corrected chi connectivity index (χ4v) is 3.19. The maximum Gasteiger partial charge on any atom is 0.354 e. The highest BCUT2D eigenvalue weighted by Crippen LogP contribution is 2.38. The van der Waals surface area contributed by atoms with E-state index in [1.807, 2.05) is 30.3 Å². The molecule has 2 aromatic carbocycles. The van der Waals surface area contributed by atoms with Crippen molar-refractivity contribution >= 4 is 29.2 Å². The largest absolute Gasteiger partial charge is 0.497 e. The number of methoxy groups -OCH3 is 1. The van der Waals surface area contributed by atoms with Crippen LogP contribution in [-0.2, 0) is 4.74 Å². The van der Waals surface area contributed by atoms with Crippen LogP contribution in [0.4, 0.5) is 0 Å². The van der Waals surface area contributed by atoms with Crippen molar-refractivity contribution in [2.24, 2.45) is 0 Å². The predicted molar refractivity (Wildman–Crippen MR) is 104 cm³/mol. The number of carbonyl (C=O) groups is 1. The molecule has 134 valence electrons. The number of hydrogen-bond donors (Lipinski definition) is 1. The first-order valence-corrected chi connectivity index (χ1v) is 8.79. The Balaban J connectivity index is 2.15. The highest BCUT2D eigenvalue weighted by Gasteiger charge is 2.19. The molecule has 3 aromatic rings. The normalized spacial score (nSPS) is 10.6. The molecule has 0 spiro atoms. The maximum absolute atomic E-state index is 12.2. The summed E-state index contributed by atoms with van der Waals surface area (Å²) in [4.78, 5) is 15.3. The second-order valence-corrected chi connectivity index (χ2v) is 6.39. The van der Waals surface area contributed by atoms with Crippen molar-refractivity contribution in [1.29, 1.82) is 0 Å². The van der Waals surface area contributed by atoms with Crippen molar-refractivity contribution in [3.05, 3.63) is 64.3 Å². The molecule has 0 radical (unpaired) electrons. The monoisotopic (exact) mass is 389 g/mol. The molecule has 0 saturated carbocycles. The fraction of sp³-hybridized carbons (Fsp3) is 0.150. The summed E-state index contributed by atoms with van der Waals surface area (Å²) in [5.74, 6) is 0.329. The number of hydrogen-bond acceptors (Lipinski definition) is 3. The SMILES string of the molecule is CCOC(=O)c1cc(-c2ccc(Cl)cc2Cl)c(-c2ccc(OC)cc2)[nH]1. The molecule has 26 heavy (non-hydrogen) atoms. The van der Waals surface area contributed by atoms with Gasteiger partial charge in [-0.05, 0) is 55.0 Å². The van der Waals surface area contributed by atoms with Gasteiger partial charge in [-0.3, -0.25) is 0 Å². The van der Waals surface area contributed by atoms with Gasteiger partial charge in [0.15, 0.2) is 0 Å². The van der Waals surface area contributed by atoms with E-state index in [2.05, 4.69) is 4.98 Å². The molecular formula is C20H17Cl2NO3. The summed E-state index contributed by atoms with van der Waals surface area (Å²) in [6.07, 6.45) is 0. The first-order valence-electron chi connectivity index (χ1n) is 8.03. The number of carbonyl (C=O) groups excluding carboxylic acids is 1. The molecule has 1 aromatic heterocycles. The predicted octanol–water partition coefficient (Wildman–Crippen LogP) is 5.84. The molecule has 4 nitrogen and oxygen atoms in total. The quantitative estimate of drug-likeness (QED) is 0.557. The second-order valence-electron chi connectivity index (χ2n) is 5.54. The van der Waals surface area contributed by atoms with Crippen molar-refractivity contribution in [2.75, 3.05) is 13.7 Å². The minimum Gasteiger partial charge on any atom is -0.497 e. The molecule has 0 saturated heterocycles. The molecule has 0 atom stereocenters. The Morgan fingerprint density at radius 2 is 1.77 bits per heavy atom. The number of halogens is 2.